The maximum Gasteiger partial charge on any atom is 0.289 e. The van der Waals surface area contributed by atoms with E-state index in [1.165, 1.54) is 23.7 Å². The molecule has 12 nitrogen and oxygen atoms in total. The topological polar surface area (TPSA) is 158 Å². The van der Waals surface area contributed by atoms with Gasteiger partial charge in [0, 0.05) is 19.0 Å². The lowest BCUT2D eigenvalue weighted by Gasteiger charge is -2.20. The van der Waals surface area contributed by atoms with Gasteiger partial charge in [-0.2, -0.15) is 0 Å². The minimum Gasteiger partial charge on any atom is -0.394 e. The van der Waals surface area contributed by atoms with Crippen molar-refractivity contribution in [2.24, 2.45) is 0 Å². The monoisotopic (exact) mass is 601 g/mol. The summed E-state index contributed by atoms with van der Waals surface area (Å²) in [5.41, 5.74) is 2.87. The van der Waals surface area contributed by atoms with E-state index in [0.717, 1.165) is 37.2 Å². The SMILES string of the molecule is O=C(NCCCN1CCCC1)c1nc(NCC(c2ccccc2)c2ccccc2)c2ncn([C@@H]3OC(CO)C(O)[C@H]3O)c2n1. The average molecular weight is 602 g/mol. The highest BCUT2D eigenvalue weighted by Crippen LogP contribution is 2.33. The highest BCUT2D eigenvalue weighted by atomic mass is 16.6. The molecule has 5 N–H and O–H groups in total. The maximum absolute atomic E-state index is 13.3. The smallest absolute Gasteiger partial charge is 0.289 e. The normalized spacial score (nSPS) is 22.2. The zero-order valence-corrected chi connectivity index (χ0v) is 24.5. The molecule has 0 radical (unpaired) electrons. The number of amides is 1. The highest BCUT2D eigenvalue weighted by molar-refractivity contribution is 5.94. The summed E-state index contributed by atoms with van der Waals surface area (Å²) in [5, 5.41) is 37.1. The zero-order valence-electron chi connectivity index (χ0n) is 24.5. The largest absolute Gasteiger partial charge is 0.394 e. The van der Waals surface area contributed by atoms with Gasteiger partial charge in [-0.3, -0.25) is 9.36 Å². The molecule has 4 aromatic rings. The van der Waals surface area contributed by atoms with E-state index in [2.05, 4.69) is 54.8 Å². The molecule has 2 aliphatic rings. The van der Waals surface area contributed by atoms with Crippen molar-refractivity contribution in [2.75, 3.05) is 44.6 Å². The summed E-state index contributed by atoms with van der Waals surface area (Å²) in [7, 11) is 0. The molecule has 2 aromatic heterocycles. The van der Waals surface area contributed by atoms with E-state index in [1.807, 2.05) is 36.4 Å². The molecule has 2 unspecified atom stereocenters. The van der Waals surface area contributed by atoms with Crippen LogP contribution in [0.2, 0.25) is 0 Å². The first-order chi connectivity index (χ1) is 21.5. The molecular weight excluding hydrogens is 562 g/mol. The summed E-state index contributed by atoms with van der Waals surface area (Å²) < 4.78 is 7.23. The number of hydrogen-bond acceptors (Lipinski definition) is 10. The minimum absolute atomic E-state index is 0.0205. The van der Waals surface area contributed by atoms with Crippen LogP contribution in [-0.4, -0.2) is 103 Å². The van der Waals surface area contributed by atoms with E-state index in [0.29, 0.717) is 24.4 Å². The Kier molecular flexibility index (Phi) is 9.43. The van der Waals surface area contributed by atoms with Gasteiger partial charge in [0.25, 0.3) is 5.91 Å². The summed E-state index contributed by atoms with van der Waals surface area (Å²) in [6.07, 6.45) is 0.0278. The number of nitrogens with one attached hydrogen (secondary N) is 2. The number of nitrogens with zero attached hydrogens (tertiary/aromatic N) is 5. The number of anilines is 1. The summed E-state index contributed by atoms with van der Waals surface area (Å²) in [6.45, 7) is 3.59. The molecule has 12 heteroatoms. The van der Waals surface area contributed by atoms with Crippen LogP contribution in [-0.2, 0) is 4.74 Å². The fourth-order valence-corrected chi connectivity index (χ4v) is 6.02. The standard InChI is InChI=1S/C32H39N7O5/c40-19-24-26(41)27(42)32(44-24)39-20-35-25-28(34-18-23(21-10-3-1-4-11-21)22-12-5-2-6-13-22)36-29(37-30(25)39)31(43)33-14-9-17-38-15-7-8-16-38/h1-6,10-13,20,23-24,26-27,32,40-42H,7-9,14-19H2,(H,33,43)(H,34,36,37)/t24?,26?,27-,32-/m1/s1. The van der Waals surface area contributed by atoms with Gasteiger partial charge < -0.3 is 35.6 Å². The van der Waals surface area contributed by atoms with E-state index in [1.54, 1.807) is 0 Å². The number of likely N-dealkylation sites (tertiary alicyclic amines) is 1. The molecule has 232 valence electrons. The third kappa shape index (κ3) is 6.44. The predicted molar refractivity (Wildman–Crippen MR) is 164 cm³/mol. The van der Waals surface area contributed by atoms with Crippen LogP contribution in [0, 0.1) is 0 Å². The molecule has 2 saturated heterocycles. The second kappa shape index (κ2) is 13.8. The Morgan fingerprint density at radius 3 is 2.30 bits per heavy atom. The highest BCUT2D eigenvalue weighted by Gasteiger charge is 2.44. The number of benzene rings is 2. The van der Waals surface area contributed by atoms with Crippen molar-refractivity contribution < 1.29 is 24.9 Å². The number of carbonyl (C=O) groups is 1. The predicted octanol–water partition coefficient (Wildman–Crippen LogP) is 1.90. The first kappa shape index (κ1) is 30.1. The third-order valence-corrected chi connectivity index (χ3v) is 8.43. The van der Waals surface area contributed by atoms with Crippen LogP contribution in [0.15, 0.2) is 67.0 Å². The lowest BCUT2D eigenvalue weighted by molar-refractivity contribution is -0.0511. The Morgan fingerprint density at radius 1 is 0.977 bits per heavy atom. The van der Waals surface area contributed by atoms with Crippen molar-refractivity contribution in [3.63, 3.8) is 0 Å². The van der Waals surface area contributed by atoms with Crippen LogP contribution >= 0.6 is 0 Å². The summed E-state index contributed by atoms with van der Waals surface area (Å²) >= 11 is 0. The third-order valence-electron chi connectivity index (χ3n) is 8.43. The van der Waals surface area contributed by atoms with Gasteiger partial charge in [-0.1, -0.05) is 60.7 Å². The van der Waals surface area contributed by atoms with E-state index in [4.69, 9.17) is 4.74 Å². The molecule has 2 aromatic carbocycles. The van der Waals surface area contributed by atoms with Crippen LogP contribution in [0.25, 0.3) is 11.2 Å². The van der Waals surface area contributed by atoms with E-state index in [9.17, 15) is 20.1 Å². The molecule has 0 bridgehead atoms. The van der Waals surface area contributed by atoms with Gasteiger partial charge >= 0.3 is 0 Å². The number of aliphatic hydroxyl groups is 3. The summed E-state index contributed by atoms with van der Waals surface area (Å²) in [5.74, 6) is -0.133. The lowest BCUT2D eigenvalue weighted by Crippen LogP contribution is -2.33. The fraction of sp³-hybridized carbons (Fsp3) is 0.438. The van der Waals surface area contributed by atoms with Gasteiger partial charge in [0.05, 0.1) is 12.9 Å². The molecule has 1 amide bonds. The molecular formula is C32H39N7O5. The Balaban J connectivity index is 1.29. The molecule has 0 saturated carbocycles. The molecule has 4 heterocycles. The maximum atomic E-state index is 13.3. The van der Waals surface area contributed by atoms with Gasteiger partial charge in [-0.25, -0.2) is 15.0 Å². The van der Waals surface area contributed by atoms with Crippen LogP contribution < -0.4 is 10.6 Å². The van der Waals surface area contributed by atoms with Crippen molar-refractivity contribution in [1.82, 2.24) is 29.7 Å². The van der Waals surface area contributed by atoms with Crippen LogP contribution in [0.1, 0.15) is 53.2 Å². The van der Waals surface area contributed by atoms with Crippen LogP contribution in [0.4, 0.5) is 5.82 Å². The minimum atomic E-state index is -1.33. The number of hydrogen-bond donors (Lipinski definition) is 5. The number of imidazole rings is 1. The Labute approximate surface area is 255 Å². The molecule has 0 spiro atoms. The van der Waals surface area contributed by atoms with Crippen LogP contribution in [0.5, 0.6) is 0 Å². The number of ether oxygens (including phenoxy) is 1. The molecule has 6 rings (SSSR count). The van der Waals surface area contributed by atoms with E-state index >= 15 is 0 Å². The van der Waals surface area contributed by atoms with Gasteiger partial charge in [0.2, 0.25) is 5.82 Å². The first-order valence-electron chi connectivity index (χ1n) is 15.2. The summed E-state index contributed by atoms with van der Waals surface area (Å²) in [6, 6.07) is 20.3. The number of rotatable bonds is 12. The van der Waals surface area contributed by atoms with E-state index < -0.39 is 37.1 Å². The van der Waals surface area contributed by atoms with Crippen molar-refractivity contribution in [1.29, 1.82) is 0 Å². The van der Waals surface area contributed by atoms with Crippen LogP contribution in [0.3, 0.4) is 0 Å². The zero-order chi connectivity index (χ0) is 30.5. The Morgan fingerprint density at radius 2 is 1.66 bits per heavy atom. The second-order valence-electron chi connectivity index (χ2n) is 11.4. The number of fused-ring (bicyclic) bond motifs is 1. The number of aliphatic hydroxyl groups excluding tert-OH is 3. The van der Waals surface area contributed by atoms with Crippen molar-refractivity contribution in [3.8, 4) is 0 Å². The molecule has 2 aliphatic heterocycles. The Bertz CT molecular complexity index is 1490. The summed E-state index contributed by atoms with van der Waals surface area (Å²) in [4.78, 5) is 29.4. The van der Waals surface area contributed by atoms with Gasteiger partial charge in [-0.15, -0.1) is 0 Å². The lowest BCUT2D eigenvalue weighted by atomic mass is 9.91. The first-order valence-corrected chi connectivity index (χ1v) is 15.2. The second-order valence-corrected chi connectivity index (χ2v) is 11.4. The number of carbonyl (C=O) groups excluding carboxylic acids is 1. The Hall–Kier alpha value is -3.94. The number of aromatic nitrogens is 4. The quantitative estimate of drug-likeness (QED) is 0.152. The van der Waals surface area contributed by atoms with E-state index in [-0.39, 0.29) is 17.4 Å². The molecule has 2 fully saturated rings. The average Bonchev–Trinajstić information content (AvgIpc) is 3.80. The fourth-order valence-electron chi connectivity index (χ4n) is 6.02. The van der Waals surface area contributed by atoms with Crippen molar-refractivity contribution >= 4 is 22.9 Å². The van der Waals surface area contributed by atoms with Gasteiger partial charge in [0.1, 0.15) is 18.3 Å². The molecule has 44 heavy (non-hydrogen) atoms. The molecule has 4 atom stereocenters. The van der Waals surface area contributed by atoms with Gasteiger partial charge in [-0.05, 0) is 50.0 Å². The molecule has 0 aliphatic carbocycles. The van der Waals surface area contributed by atoms with Crippen molar-refractivity contribution in [2.45, 2.75) is 49.7 Å². The van der Waals surface area contributed by atoms with Gasteiger partial charge in [0.15, 0.2) is 23.2 Å². The van der Waals surface area contributed by atoms with Crippen molar-refractivity contribution in [3.05, 3.63) is 83.9 Å².